The van der Waals surface area contributed by atoms with Crippen LogP contribution in [0.2, 0.25) is 0 Å². The number of nitrogens with zero attached hydrogens (tertiary/aromatic N) is 1. The number of hydrogen-bond donors (Lipinski definition) is 1. The second-order valence-electron chi connectivity index (χ2n) is 1.12. The number of hydroxylamine groups is 1. The molecule has 0 radical (unpaired) electrons. The maximum atomic E-state index is 4.60. The zero-order chi connectivity index (χ0) is 4.41. The smallest absolute Gasteiger partial charge is 0.166 e. The molecule has 6 heavy (non-hydrogen) atoms. The van der Waals surface area contributed by atoms with Crippen molar-refractivity contribution in [2.75, 3.05) is 6.73 Å². The van der Waals surface area contributed by atoms with Crippen LogP contribution in [0.15, 0.2) is 4.99 Å². The zero-order valence-corrected chi connectivity index (χ0v) is 3.56. The van der Waals surface area contributed by atoms with Gasteiger partial charge in [0.2, 0.25) is 0 Å². The molecule has 0 fully saturated rings. The first kappa shape index (κ1) is 3.61. The van der Waals surface area contributed by atoms with Crippen molar-refractivity contribution in [2.45, 2.75) is 6.92 Å². The molecule has 0 saturated heterocycles. The fourth-order valence-electron chi connectivity index (χ4n) is 0.298. The second-order valence-corrected chi connectivity index (χ2v) is 1.12. The normalized spacial score (nSPS) is 19.8. The Bertz CT molecular complexity index is 78.9. The zero-order valence-electron chi connectivity index (χ0n) is 3.56. The van der Waals surface area contributed by atoms with Crippen molar-refractivity contribution < 1.29 is 4.84 Å². The maximum absolute atomic E-state index is 4.60. The summed E-state index contributed by atoms with van der Waals surface area (Å²) in [5.41, 5.74) is 2.57. The van der Waals surface area contributed by atoms with E-state index in [1.807, 2.05) is 6.92 Å². The van der Waals surface area contributed by atoms with Crippen LogP contribution >= 0.6 is 0 Å². The first-order valence-corrected chi connectivity index (χ1v) is 1.78. The van der Waals surface area contributed by atoms with E-state index in [0.29, 0.717) is 6.73 Å². The van der Waals surface area contributed by atoms with Crippen LogP contribution in [0, 0.1) is 0 Å². The number of rotatable bonds is 0. The summed E-state index contributed by atoms with van der Waals surface area (Å²) in [6, 6.07) is 0. The third-order valence-corrected chi connectivity index (χ3v) is 0.586. The molecule has 0 aromatic heterocycles. The van der Waals surface area contributed by atoms with Crippen molar-refractivity contribution in [3.63, 3.8) is 0 Å². The Morgan fingerprint density at radius 3 is 3.00 bits per heavy atom. The largest absolute Gasteiger partial charge is 0.251 e. The highest BCUT2D eigenvalue weighted by Gasteiger charge is 1.93. The highest BCUT2D eigenvalue weighted by atomic mass is 16.7. The Balaban J connectivity index is 2.45. The van der Waals surface area contributed by atoms with Gasteiger partial charge in [-0.2, -0.15) is 0 Å². The van der Waals surface area contributed by atoms with Gasteiger partial charge >= 0.3 is 0 Å². The van der Waals surface area contributed by atoms with Crippen LogP contribution in [-0.4, -0.2) is 12.6 Å². The molecule has 1 aliphatic rings. The summed E-state index contributed by atoms with van der Waals surface area (Å²) >= 11 is 0. The molecule has 0 amide bonds. The molecule has 0 aromatic rings. The van der Waals surface area contributed by atoms with Crippen LogP contribution in [0.3, 0.4) is 0 Å². The van der Waals surface area contributed by atoms with Gasteiger partial charge in [-0.1, -0.05) is 0 Å². The van der Waals surface area contributed by atoms with Gasteiger partial charge in [-0.05, 0) is 6.92 Å². The van der Waals surface area contributed by atoms with Gasteiger partial charge in [0.1, 0.15) is 5.84 Å². The Kier molecular flexibility index (Phi) is 0.759. The lowest BCUT2D eigenvalue weighted by Crippen LogP contribution is -2.11. The number of hydrogen-bond acceptors (Lipinski definition) is 3. The Morgan fingerprint density at radius 1 is 2.00 bits per heavy atom. The molecule has 1 aliphatic heterocycles. The SMILES string of the molecule is CC1=NCON1. The monoisotopic (exact) mass is 86.0 g/mol. The molecule has 0 aromatic carbocycles. The third kappa shape index (κ3) is 0.490. The van der Waals surface area contributed by atoms with Crippen molar-refractivity contribution in [3.8, 4) is 0 Å². The van der Waals surface area contributed by atoms with Crippen molar-refractivity contribution in [3.05, 3.63) is 0 Å². The lowest BCUT2D eigenvalue weighted by atomic mass is 10.7. The van der Waals surface area contributed by atoms with Crippen LogP contribution in [0.5, 0.6) is 0 Å². The van der Waals surface area contributed by atoms with Gasteiger partial charge < -0.3 is 0 Å². The van der Waals surface area contributed by atoms with Crippen molar-refractivity contribution in [1.29, 1.82) is 0 Å². The number of amidine groups is 1. The highest BCUT2D eigenvalue weighted by Crippen LogP contribution is 1.81. The molecular weight excluding hydrogens is 80.0 g/mol. The predicted molar refractivity (Wildman–Crippen MR) is 22.2 cm³/mol. The van der Waals surface area contributed by atoms with Gasteiger partial charge in [-0.15, -0.1) is 0 Å². The molecule has 1 N–H and O–H groups in total. The molecule has 1 rings (SSSR count). The van der Waals surface area contributed by atoms with Crippen molar-refractivity contribution >= 4 is 5.84 Å². The third-order valence-electron chi connectivity index (χ3n) is 0.586. The summed E-state index contributed by atoms with van der Waals surface area (Å²) in [5.74, 6) is 0.856. The van der Waals surface area contributed by atoms with E-state index < -0.39 is 0 Å². The van der Waals surface area contributed by atoms with Gasteiger partial charge in [0.25, 0.3) is 0 Å². The molecule has 0 atom stereocenters. The van der Waals surface area contributed by atoms with Gasteiger partial charge in [0.05, 0.1) is 0 Å². The minimum absolute atomic E-state index is 0.464. The summed E-state index contributed by atoms with van der Waals surface area (Å²) in [5, 5.41) is 0. The number of aliphatic imine (C=N–C) groups is 1. The summed E-state index contributed by atoms with van der Waals surface area (Å²) in [7, 11) is 0. The quantitative estimate of drug-likeness (QED) is 0.446. The molecule has 0 bridgehead atoms. The first-order valence-electron chi connectivity index (χ1n) is 1.78. The van der Waals surface area contributed by atoms with Crippen LogP contribution in [0.1, 0.15) is 6.92 Å². The molecule has 0 unspecified atom stereocenters. The fourth-order valence-corrected chi connectivity index (χ4v) is 0.298. The minimum Gasteiger partial charge on any atom is -0.251 e. The van der Waals surface area contributed by atoms with E-state index >= 15 is 0 Å². The summed E-state index contributed by atoms with van der Waals surface area (Å²) in [6.45, 7) is 2.32. The molecule has 1 heterocycles. The highest BCUT2D eigenvalue weighted by molar-refractivity contribution is 5.79. The Hall–Kier alpha value is -0.570. The maximum Gasteiger partial charge on any atom is 0.166 e. The van der Waals surface area contributed by atoms with Gasteiger partial charge in [-0.3, -0.25) is 10.3 Å². The standard InChI is InChI=1S/C3H6N2O/c1-3-4-2-6-5-3/h2H2,1H3,(H,4,5). The van der Waals surface area contributed by atoms with Crippen LogP contribution in [0.4, 0.5) is 0 Å². The Morgan fingerprint density at radius 2 is 2.83 bits per heavy atom. The van der Waals surface area contributed by atoms with E-state index in [2.05, 4.69) is 15.3 Å². The lowest BCUT2D eigenvalue weighted by Gasteiger charge is -1.85. The Labute approximate surface area is 36.0 Å². The van der Waals surface area contributed by atoms with E-state index in [1.165, 1.54) is 0 Å². The van der Waals surface area contributed by atoms with E-state index in [9.17, 15) is 0 Å². The van der Waals surface area contributed by atoms with E-state index in [1.54, 1.807) is 0 Å². The number of nitrogens with one attached hydrogen (secondary N) is 1. The van der Waals surface area contributed by atoms with Crippen LogP contribution in [0.25, 0.3) is 0 Å². The van der Waals surface area contributed by atoms with Gasteiger partial charge in [0.15, 0.2) is 6.73 Å². The predicted octanol–water partition coefficient (Wildman–Crippen LogP) is -0.103. The minimum atomic E-state index is 0.464. The molecular formula is C3H6N2O. The van der Waals surface area contributed by atoms with Crippen LogP contribution < -0.4 is 5.48 Å². The fraction of sp³-hybridized carbons (Fsp3) is 0.667. The molecule has 3 heteroatoms. The van der Waals surface area contributed by atoms with Crippen LogP contribution in [-0.2, 0) is 4.84 Å². The molecule has 0 aliphatic carbocycles. The van der Waals surface area contributed by atoms with Crippen molar-refractivity contribution in [1.82, 2.24) is 5.48 Å². The molecule has 0 spiro atoms. The van der Waals surface area contributed by atoms with Crippen molar-refractivity contribution in [2.24, 2.45) is 4.99 Å². The van der Waals surface area contributed by atoms with E-state index in [4.69, 9.17) is 0 Å². The average molecular weight is 86.1 g/mol. The summed E-state index contributed by atoms with van der Waals surface area (Å²) in [6.07, 6.45) is 0. The van der Waals surface area contributed by atoms with E-state index in [0.717, 1.165) is 5.84 Å². The first-order chi connectivity index (χ1) is 2.89. The summed E-state index contributed by atoms with van der Waals surface area (Å²) in [4.78, 5) is 8.42. The topological polar surface area (TPSA) is 33.6 Å². The van der Waals surface area contributed by atoms with Gasteiger partial charge in [-0.25, -0.2) is 4.99 Å². The van der Waals surface area contributed by atoms with Gasteiger partial charge in [0, 0.05) is 0 Å². The average Bonchev–Trinajstić information content (AvgIpc) is 1.86. The van der Waals surface area contributed by atoms with E-state index in [-0.39, 0.29) is 0 Å². The molecule has 34 valence electrons. The second kappa shape index (κ2) is 1.26. The molecule has 0 saturated carbocycles. The molecule has 3 nitrogen and oxygen atoms in total. The lowest BCUT2D eigenvalue weighted by molar-refractivity contribution is 0.114. The summed E-state index contributed by atoms with van der Waals surface area (Å²) < 4.78 is 0.